The standard InChI is InChI=1S/C13H15N3O3/c1-10(17)11-7-12(13(18)19)16(8-11)5-2-4-15-6-3-14-9-15/h3,6-9H,2,4-5H2,1H3,(H,18,19). The van der Waals surface area contributed by atoms with Crippen LogP contribution in [0.2, 0.25) is 0 Å². The number of aromatic nitrogens is 3. The van der Waals surface area contributed by atoms with Gasteiger partial charge in [-0.05, 0) is 19.4 Å². The van der Waals surface area contributed by atoms with Crippen LogP contribution in [-0.2, 0) is 13.1 Å². The summed E-state index contributed by atoms with van der Waals surface area (Å²) < 4.78 is 3.53. The smallest absolute Gasteiger partial charge is 0.352 e. The first-order chi connectivity index (χ1) is 9.08. The maximum atomic E-state index is 11.3. The van der Waals surface area contributed by atoms with Crippen LogP contribution in [0.1, 0.15) is 34.2 Å². The summed E-state index contributed by atoms with van der Waals surface area (Å²) in [6.45, 7) is 2.73. The van der Waals surface area contributed by atoms with Gasteiger partial charge in [-0.2, -0.15) is 0 Å². The van der Waals surface area contributed by atoms with Crippen molar-refractivity contribution in [2.24, 2.45) is 0 Å². The molecule has 2 heterocycles. The average molecular weight is 261 g/mol. The highest BCUT2D eigenvalue weighted by Gasteiger charge is 2.14. The molecule has 0 radical (unpaired) electrons. The lowest BCUT2D eigenvalue weighted by Crippen LogP contribution is -2.09. The first-order valence-corrected chi connectivity index (χ1v) is 5.98. The van der Waals surface area contributed by atoms with E-state index in [1.54, 1.807) is 23.3 Å². The Morgan fingerprint density at radius 3 is 2.74 bits per heavy atom. The first kappa shape index (κ1) is 13.1. The Balaban J connectivity index is 2.06. The molecule has 0 aliphatic carbocycles. The van der Waals surface area contributed by atoms with E-state index in [0.29, 0.717) is 12.1 Å². The van der Waals surface area contributed by atoms with Crippen LogP contribution < -0.4 is 0 Å². The minimum atomic E-state index is -1.02. The highest BCUT2D eigenvalue weighted by molar-refractivity contribution is 5.97. The van der Waals surface area contributed by atoms with Gasteiger partial charge in [0.1, 0.15) is 5.69 Å². The van der Waals surface area contributed by atoms with Gasteiger partial charge in [0.15, 0.2) is 5.78 Å². The van der Waals surface area contributed by atoms with Crippen LogP contribution in [0.25, 0.3) is 0 Å². The molecular weight excluding hydrogens is 246 g/mol. The Labute approximate surface area is 110 Å². The lowest BCUT2D eigenvalue weighted by molar-refractivity contribution is 0.0684. The fourth-order valence-electron chi connectivity index (χ4n) is 1.91. The van der Waals surface area contributed by atoms with E-state index in [9.17, 15) is 9.59 Å². The fraction of sp³-hybridized carbons (Fsp3) is 0.308. The number of carboxylic acids is 1. The van der Waals surface area contributed by atoms with E-state index in [-0.39, 0.29) is 11.5 Å². The summed E-state index contributed by atoms with van der Waals surface area (Å²) >= 11 is 0. The Morgan fingerprint density at radius 1 is 1.37 bits per heavy atom. The number of rotatable bonds is 6. The van der Waals surface area contributed by atoms with Gasteiger partial charge in [0.25, 0.3) is 0 Å². The van der Waals surface area contributed by atoms with Crippen molar-refractivity contribution in [2.75, 3.05) is 0 Å². The lowest BCUT2D eigenvalue weighted by Gasteiger charge is -2.06. The minimum Gasteiger partial charge on any atom is -0.477 e. The quantitative estimate of drug-likeness (QED) is 0.802. The SMILES string of the molecule is CC(=O)c1cc(C(=O)O)n(CCCn2ccnc2)c1. The Bertz CT molecular complexity index is 584. The van der Waals surface area contributed by atoms with E-state index >= 15 is 0 Å². The van der Waals surface area contributed by atoms with Crippen molar-refractivity contribution in [1.29, 1.82) is 0 Å². The largest absolute Gasteiger partial charge is 0.477 e. The fourth-order valence-corrected chi connectivity index (χ4v) is 1.91. The van der Waals surface area contributed by atoms with Crippen molar-refractivity contribution in [3.05, 3.63) is 42.2 Å². The topological polar surface area (TPSA) is 77.1 Å². The third-order valence-corrected chi connectivity index (χ3v) is 2.90. The molecule has 19 heavy (non-hydrogen) atoms. The van der Waals surface area contributed by atoms with Crippen LogP contribution in [0.15, 0.2) is 31.0 Å². The van der Waals surface area contributed by atoms with E-state index < -0.39 is 5.97 Å². The molecule has 0 aliphatic heterocycles. The summed E-state index contributed by atoms with van der Waals surface area (Å²) in [6.07, 6.45) is 7.64. The second-order valence-electron chi connectivity index (χ2n) is 4.32. The molecule has 0 spiro atoms. The lowest BCUT2D eigenvalue weighted by atomic mass is 10.2. The maximum Gasteiger partial charge on any atom is 0.352 e. The zero-order chi connectivity index (χ0) is 13.8. The predicted octanol–water partition coefficient (Wildman–Crippen LogP) is 1.68. The summed E-state index contributed by atoms with van der Waals surface area (Å²) in [5.74, 6) is -1.15. The summed E-state index contributed by atoms with van der Waals surface area (Å²) in [5, 5.41) is 9.10. The zero-order valence-electron chi connectivity index (χ0n) is 10.6. The number of carboxylic acid groups (broad SMARTS) is 1. The van der Waals surface area contributed by atoms with Crippen LogP contribution in [-0.4, -0.2) is 31.0 Å². The summed E-state index contributed by atoms with van der Waals surface area (Å²) in [4.78, 5) is 26.3. The number of hydrogen-bond donors (Lipinski definition) is 1. The number of carbonyl (C=O) groups excluding carboxylic acids is 1. The van der Waals surface area contributed by atoms with Crippen LogP contribution >= 0.6 is 0 Å². The first-order valence-electron chi connectivity index (χ1n) is 5.98. The van der Waals surface area contributed by atoms with E-state index in [1.165, 1.54) is 13.0 Å². The summed E-state index contributed by atoms with van der Waals surface area (Å²) in [7, 11) is 0. The van der Waals surface area contributed by atoms with Crippen molar-refractivity contribution >= 4 is 11.8 Å². The molecular formula is C13H15N3O3. The van der Waals surface area contributed by atoms with Gasteiger partial charge >= 0.3 is 5.97 Å². The molecule has 2 aromatic rings. The third kappa shape index (κ3) is 3.09. The van der Waals surface area contributed by atoms with E-state index in [4.69, 9.17) is 5.11 Å². The van der Waals surface area contributed by atoms with Gasteiger partial charge in [0.05, 0.1) is 6.33 Å². The van der Waals surface area contributed by atoms with Crippen molar-refractivity contribution in [1.82, 2.24) is 14.1 Å². The molecule has 0 saturated heterocycles. The molecule has 0 amide bonds. The molecule has 1 N–H and O–H groups in total. The second kappa shape index (κ2) is 5.51. The second-order valence-corrected chi connectivity index (χ2v) is 4.32. The highest BCUT2D eigenvalue weighted by Crippen LogP contribution is 2.11. The van der Waals surface area contributed by atoms with E-state index in [0.717, 1.165) is 13.0 Å². The Morgan fingerprint density at radius 2 is 2.16 bits per heavy atom. The van der Waals surface area contributed by atoms with Crippen LogP contribution in [0.4, 0.5) is 0 Å². The molecule has 0 aliphatic rings. The van der Waals surface area contributed by atoms with Gasteiger partial charge in [0.2, 0.25) is 0 Å². The third-order valence-electron chi connectivity index (χ3n) is 2.90. The number of ketones is 1. The van der Waals surface area contributed by atoms with Gasteiger partial charge in [0, 0.05) is 37.2 Å². The molecule has 6 nitrogen and oxygen atoms in total. The number of aryl methyl sites for hydroxylation is 2. The Hall–Kier alpha value is -2.37. The molecule has 0 atom stereocenters. The number of imidazole rings is 1. The minimum absolute atomic E-state index is 0.129. The monoisotopic (exact) mass is 261 g/mol. The van der Waals surface area contributed by atoms with Crippen molar-refractivity contribution < 1.29 is 14.7 Å². The highest BCUT2D eigenvalue weighted by atomic mass is 16.4. The van der Waals surface area contributed by atoms with E-state index in [2.05, 4.69) is 4.98 Å². The van der Waals surface area contributed by atoms with Gasteiger partial charge in [-0.25, -0.2) is 9.78 Å². The maximum absolute atomic E-state index is 11.3. The molecule has 0 unspecified atom stereocenters. The van der Waals surface area contributed by atoms with Gasteiger partial charge in [-0.15, -0.1) is 0 Å². The van der Waals surface area contributed by atoms with Crippen LogP contribution in [0.5, 0.6) is 0 Å². The number of nitrogens with zero attached hydrogens (tertiary/aromatic N) is 3. The zero-order valence-corrected chi connectivity index (χ0v) is 10.6. The predicted molar refractivity (Wildman–Crippen MR) is 68.2 cm³/mol. The number of Topliss-reactive ketones (excluding diaryl/α,β-unsaturated/α-hetero) is 1. The van der Waals surface area contributed by atoms with Crippen molar-refractivity contribution in [3.63, 3.8) is 0 Å². The summed E-state index contributed by atoms with van der Waals surface area (Å²) in [5.41, 5.74) is 0.580. The molecule has 0 aromatic carbocycles. The van der Waals surface area contributed by atoms with Gasteiger partial charge in [-0.1, -0.05) is 0 Å². The molecule has 0 fully saturated rings. The molecule has 6 heteroatoms. The van der Waals surface area contributed by atoms with E-state index in [1.807, 2.05) is 10.8 Å². The molecule has 2 aromatic heterocycles. The number of carbonyl (C=O) groups is 2. The van der Waals surface area contributed by atoms with Crippen LogP contribution in [0, 0.1) is 0 Å². The number of hydrogen-bond acceptors (Lipinski definition) is 3. The summed E-state index contributed by atoms with van der Waals surface area (Å²) in [6, 6.07) is 1.42. The molecule has 2 rings (SSSR count). The van der Waals surface area contributed by atoms with Crippen molar-refractivity contribution in [3.8, 4) is 0 Å². The Kier molecular flexibility index (Phi) is 3.79. The molecule has 100 valence electrons. The number of aromatic carboxylic acids is 1. The normalized spacial score (nSPS) is 10.6. The molecule has 0 saturated carbocycles. The van der Waals surface area contributed by atoms with Gasteiger partial charge < -0.3 is 14.2 Å². The average Bonchev–Trinajstić information content (AvgIpc) is 2.97. The van der Waals surface area contributed by atoms with Crippen LogP contribution in [0.3, 0.4) is 0 Å². The van der Waals surface area contributed by atoms with Crippen molar-refractivity contribution in [2.45, 2.75) is 26.4 Å². The molecule has 0 bridgehead atoms. The van der Waals surface area contributed by atoms with Gasteiger partial charge in [-0.3, -0.25) is 4.79 Å².